The number of hydrogen-bond donors (Lipinski definition) is 2. The molecule has 0 unspecified atom stereocenters. The molecule has 8 nitrogen and oxygen atoms in total. The van der Waals surface area contributed by atoms with Crippen molar-refractivity contribution in [3.8, 4) is 11.1 Å². The SMILES string of the molecule is CCN(CCCC(=O)O)C(=O)c1cccc(NC(=O)OCC2c3ccccc3-c3ccccc32)n1. The van der Waals surface area contributed by atoms with Crippen molar-refractivity contribution in [1.29, 1.82) is 0 Å². The van der Waals surface area contributed by atoms with Crippen molar-refractivity contribution in [2.75, 3.05) is 25.0 Å². The van der Waals surface area contributed by atoms with Gasteiger partial charge in [-0.2, -0.15) is 0 Å². The molecule has 1 aliphatic rings. The highest BCUT2D eigenvalue weighted by atomic mass is 16.5. The number of nitrogens with zero attached hydrogens (tertiary/aromatic N) is 2. The van der Waals surface area contributed by atoms with Gasteiger partial charge in [0.1, 0.15) is 18.1 Å². The van der Waals surface area contributed by atoms with Gasteiger partial charge in [0, 0.05) is 25.4 Å². The molecule has 0 saturated heterocycles. The molecule has 0 fully saturated rings. The van der Waals surface area contributed by atoms with Gasteiger partial charge >= 0.3 is 12.1 Å². The number of carbonyl (C=O) groups excluding carboxylic acids is 2. The second kappa shape index (κ2) is 10.8. The van der Waals surface area contributed by atoms with Gasteiger partial charge in [-0.25, -0.2) is 9.78 Å². The van der Waals surface area contributed by atoms with E-state index in [1.165, 1.54) is 4.90 Å². The number of pyridine rings is 1. The number of benzene rings is 2. The van der Waals surface area contributed by atoms with Gasteiger partial charge in [-0.15, -0.1) is 0 Å². The molecule has 0 saturated carbocycles. The number of ether oxygens (including phenoxy) is 1. The third-order valence-electron chi connectivity index (χ3n) is 6.03. The number of anilines is 1. The molecule has 1 aromatic heterocycles. The van der Waals surface area contributed by atoms with Crippen LogP contribution >= 0.6 is 0 Å². The molecule has 1 heterocycles. The summed E-state index contributed by atoms with van der Waals surface area (Å²) in [6.45, 7) is 2.72. The normalized spacial score (nSPS) is 11.9. The summed E-state index contributed by atoms with van der Waals surface area (Å²) in [5.41, 5.74) is 4.70. The zero-order valence-electron chi connectivity index (χ0n) is 19.4. The highest BCUT2D eigenvalue weighted by molar-refractivity contribution is 5.93. The van der Waals surface area contributed by atoms with Crippen molar-refractivity contribution in [2.24, 2.45) is 0 Å². The van der Waals surface area contributed by atoms with Crippen LogP contribution in [0.15, 0.2) is 66.7 Å². The first kappa shape index (κ1) is 23.9. The fourth-order valence-electron chi connectivity index (χ4n) is 4.35. The molecule has 35 heavy (non-hydrogen) atoms. The number of carbonyl (C=O) groups is 3. The Morgan fingerprint density at radius 2 is 1.63 bits per heavy atom. The molecule has 0 radical (unpaired) electrons. The lowest BCUT2D eigenvalue weighted by Crippen LogP contribution is -2.32. The number of fused-ring (bicyclic) bond motifs is 3. The maximum absolute atomic E-state index is 12.8. The van der Waals surface area contributed by atoms with Gasteiger partial charge in [0.25, 0.3) is 5.91 Å². The lowest BCUT2D eigenvalue weighted by molar-refractivity contribution is -0.137. The molecule has 3 aromatic rings. The lowest BCUT2D eigenvalue weighted by Gasteiger charge is -2.20. The average Bonchev–Trinajstić information content (AvgIpc) is 3.19. The molecule has 0 spiro atoms. The van der Waals surface area contributed by atoms with Crippen molar-refractivity contribution >= 4 is 23.8 Å². The van der Waals surface area contributed by atoms with E-state index in [1.807, 2.05) is 43.3 Å². The Labute approximate surface area is 203 Å². The van der Waals surface area contributed by atoms with Crippen molar-refractivity contribution in [3.63, 3.8) is 0 Å². The predicted octanol–water partition coefficient (Wildman–Crippen LogP) is 4.77. The molecule has 0 bridgehead atoms. The first-order chi connectivity index (χ1) is 17.0. The summed E-state index contributed by atoms with van der Waals surface area (Å²) < 4.78 is 5.55. The highest BCUT2D eigenvalue weighted by Gasteiger charge is 2.29. The van der Waals surface area contributed by atoms with E-state index in [-0.39, 0.29) is 36.4 Å². The number of nitrogens with one attached hydrogen (secondary N) is 1. The summed E-state index contributed by atoms with van der Waals surface area (Å²) in [6.07, 6.45) is -0.314. The largest absolute Gasteiger partial charge is 0.481 e. The summed E-state index contributed by atoms with van der Waals surface area (Å²) in [4.78, 5) is 41.9. The standard InChI is InChI=1S/C27H27N3O5/c1-2-30(16-8-15-25(31)32)26(33)23-13-7-14-24(28-23)29-27(34)35-17-22-20-11-5-3-9-18(20)19-10-4-6-12-21(19)22/h3-7,9-14,22H,2,8,15-17H2,1H3,(H,31,32)(H,28,29,34). The quantitative estimate of drug-likeness (QED) is 0.463. The van der Waals surface area contributed by atoms with Gasteiger partial charge in [-0.1, -0.05) is 54.6 Å². The van der Waals surface area contributed by atoms with E-state index in [0.717, 1.165) is 22.3 Å². The van der Waals surface area contributed by atoms with Gasteiger partial charge in [0.05, 0.1) is 0 Å². The van der Waals surface area contributed by atoms with E-state index in [1.54, 1.807) is 18.2 Å². The Balaban J connectivity index is 1.38. The molecule has 0 aliphatic heterocycles. The highest BCUT2D eigenvalue weighted by Crippen LogP contribution is 2.44. The van der Waals surface area contributed by atoms with Crippen LogP contribution in [-0.4, -0.2) is 52.7 Å². The summed E-state index contributed by atoms with van der Waals surface area (Å²) in [5, 5.41) is 11.4. The van der Waals surface area contributed by atoms with E-state index in [9.17, 15) is 14.4 Å². The third kappa shape index (κ3) is 5.48. The maximum atomic E-state index is 12.8. The number of hydrogen-bond acceptors (Lipinski definition) is 5. The van der Waals surface area contributed by atoms with E-state index >= 15 is 0 Å². The Morgan fingerprint density at radius 3 is 2.26 bits per heavy atom. The van der Waals surface area contributed by atoms with Crippen LogP contribution in [0.4, 0.5) is 10.6 Å². The van der Waals surface area contributed by atoms with Gasteiger partial charge in [0.2, 0.25) is 0 Å². The Morgan fingerprint density at radius 1 is 0.971 bits per heavy atom. The third-order valence-corrected chi connectivity index (χ3v) is 6.03. The molecule has 1 aliphatic carbocycles. The Kier molecular flexibility index (Phi) is 7.40. The minimum Gasteiger partial charge on any atom is -0.481 e. The zero-order valence-corrected chi connectivity index (χ0v) is 19.4. The van der Waals surface area contributed by atoms with Crippen LogP contribution in [0, 0.1) is 0 Å². The van der Waals surface area contributed by atoms with Crippen molar-refractivity contribution in [2.45, 2.75) is 25.7 Å². The topological polar surface area (TPSA) is 109 Å². The van der Waals surface area contributed by atoms with Crippen LogP contribution in [0.2, 0.25) is 0 Å². The van der Waals surface area contributed by atoms with Crippen LogP contribution in [0.25, 0.3) is 11.1 Å². The van der Waals surface area contributed by atoms with Crippen LogP contribution in [-0.2, 0) is 9.53 Å². The molecule has 0 atom stereocenters. The second-order valence-corrected chi connectivity index (χ2v) is 8.24. The summed E-state index contributed by atoms with van der Waals surface area (Å²) in [7, 11) is 0. The van der Waals surface area contributed by atoms with Gasteiger partial charge in [0.15, 0.2) is 0 Å². The summed E-state index contributed by atoms with van der Waals surface area (Å²) in [5.74, 6) is -1.08. The second-order valence-electron chi connectivity index (χ2n) is 8.24. The van der Waals surface area contributed by atoms with Crippen LogP contribution in [0.3, 0.4) is 0 Å². The van der Waals surface area contributed by atoms with Crippen molar-refractivity contribution in [3.05, 3.63) is 83.6 Å². The number of carboxylic acid groups (broad SMARTS) is 1. The number of rotatable bonds is 9. The van der Waals surface area contributed by atoms with E-state index in [2.05, 4.69) is 22.4 Å². The molecular formula is C27H27N3O5. The number of amides is 2. The molecule has 4 rings (SSSR count). The molecule has 2 amide bonds. The van der Waals surface area contributed by atoms with Crippen LogP contribution < -0.4 is 5.32 Å². The summed E-state index contributed by atoms with van der Waals surface area (Å²) >= 11 is 0. The van der Waals surface area contributed by atoms with Gasteiger partial charge in [-0.3, -0.25) is 14.9 Å². The Hall–Kier alpha value is -4.20. The van der Waals surface area contributed by atoms with Crippen LogP contribution in [0.1, 0.15) is 47.3 Å². The Bertz CT molecular complexity index is 1200. The molecule has 2 N–H and O–H groups in total. The fourth-order valence-corrected chi connectivity index (χ4v) is 4.35. The number of carboxylic acids is 1. The minimum atomic E-state index is -0.902. The molecular weight excluding hydrogens is 446 g/mol. The smallest absolute Gasteiger partial charge is 0.412 e. The van der Waals surface area contributed by atoms with Gasteiger partial charge in [-0.05, 0) is 47.7 Å². The molecule has 8 heteroatoms. The van der Waals surface area contributed by atoms with Crippen molar-refractivity contribution < 1.29 is 24.2 Å². The van der Waals surface area contributed by atoms with Crippen molar-refractivity contribution in [1.82, 2.24) is 9.88 Å². The van der Waals surface area contributed by atoms with E-state index < -0.39 is 12.1 Å². The fraction of sp³-hybridized carbons (Fsp3) is 0.259. The van der Waals surface area contributed by atoms with E-state index in [0.29, 0.717) is 19.5 Å². The first-order valence-corrected chi connectivity index (χ1v) is 11.6. The lowest BCUT2D eigenvalue weighted by atomic mass is 9.98. The molecule has 180 valence electrons. The number of aliphatic carboxylic acids is 1. The monoisotopic (exact) mass is 473 g/mol. The molecule has 2 aromatic carbocycles. The number of aromatic nitrogens is 1. The summed E-state index contributed by atoms with van der Waals surface area (Å²) in [6, 6.07) is 21.0. The zero-order chi connectivity index (χ0) is 24.8. The van der Waals surface area contributed by atoms with Crippen LogP contribution in [0.5, 0.6) is 0 Å². The predicted molar refractivity (Wildman–Crippen MR) is 131 cm³/mol. The maximum Gasteiger partial charge on any atom is 0.412 e. The van der Waals surface area contributed by atoms with E-state index in [4.69, 9.17) is 9.84 Å². The average molecular weight is 474 g/mol. The first-order valence-electron chi connectivity index (χ1n) is 11.6. The minimum absolute atomic E-state index is 0.0133. The van der Waals surface area contributed by atoms with Gasteiger partial charge < -0.3 is 14.7 Å².